The number of carbonyl (C=O) groups is 2. The van der Waals surface area contributed by atoms with Crippen LogP contribution in [0.3, 0.4) is 0 Å². The SMILES string of the molecule is CC(F)c1nnc(-c2ccc3c(c2)C(=O)N(C2CCC(F)(F)C[C@@H]2NC(=O)C(F)(F)C(F)(F)F)C3)o1. The highest BCUT2D eigenvalue weighted by Gasteiger charge is 2.64. The molecule has 3 atom stereocenters. The second kappa shape index (κ2) is 8.69. The number of halogens is 8. The molecule has 2 aromatic rings. The first kappa shape index (κ1) is 25.8. The number of nitrogens with zero attached hydrogens (tertiary/aromatic N) is 3. The molecular formula is C21H18F8N4O3. The molecule has 0 spiro atoms. The molecule has 15 heteroatoms. The summed E-state index contributed by atoms with van der Waals surface area (Å²) < 4.78 is 111. The van der Waals surface area contributed by atoms with Gasteiger partial charge in [-0.25, -0.2) is 13.2 Å². The Morgan fingerprint density at radius 1 is 1.22 bits per heavy atom. The van der Waals surface area contributed by atoms with Gasteiger partial charge in [-0.05, 0) is 31.0 Å². The zero-order chi connectivity index (χ0) is 26.6. The second-order valence-corrected chi connectivity index (χ2v) is 8.68. The minimum absolute atomic E-state index is 0.0728. The van der Waals surface area contributed by atoms with Crippen molar-refractivity contribution >= 4 is 11.8 Å². The highest BCUT2D eigenvalue weighted by atomic mass is 19.4. The van der Waals surface area contributed by atoms with Crippen molar-refractivity contribution in [1.82, 2.24) is 20.4 Å². The van der Waals surface area contributed by atoms with E-state index in [4.69, 9.17) is 4.42 Å². The van der Waals surface area contributed by atoms with Crippen LogP contribution in [0.25, 0.3) is 11.5 Å². The molecule has 0 radical (unpaired) electrons. The number of aromatic nitrogens is 2. The highest BCUT2D eigenvalue weighted by Crippen LogP contribution is 2.40. The lowest BCUT2D eigenvalue weighted by Gasteiger charge is -2.41. The van der Waals surface area contributed by atoms with E-state index in [-0.39, 0.29) is 29.5 Å². The van der Waals surface area contributed by atoms with Crippen molar-refractivity contribution < 1.29 is 49.1 Å². The van der Waals surface area contributed by atoms with E-state index < -0.39 is 67.4 Å². The summed E-state index contributed by atoms with van der Waals surface area (Å²) >= 11 is 0. The van der Waals surface area contributed by atoms with Crippen LogP contribution in [-0.4, -0.2) is 57.0 Å². The van der Waals surface area contributed by atoms with Crippen molar-refractivity contribution in [1.29, 1.82) is 0 Å². The lowest BCUT2D eigenvalue weighted by Crippen LogP contribution is -2.61. The van der Waals surface area contributed by atoms with Gasteiger partial charge in [0.25, 0.3) is 11.8 Å². The lowest BCUT2D eigenvalue weighted by atomic mass is 9.86. The van der Waals surface area contributed by atoms with Gasteiger partial charge >= 0.3 is 18.0 Å². The van der Waals surface area contributed by atoms with Gasteiger partial charge in [0.05, 0.1) is 12.1 Å². The predicted molar refractivity (Wildman–Crippen MR) is 105 cm³/mol. The largest absolute Gasteiger partial charge is 0.463 e. The molecule has 196 valence electrons. The first-order chi connectivity index (χ1) is 16.6. The fourth-order valence-corrected chi connectivity index (χ4v) is 4.26. The standard InChI is InChI=1S/C21H18F8N4O3/c1-9(22)15-31-32-16(36-15)10-2-3-11-8-33(17(34)12(11)6-10)14-4-5-19(23,24)7-13(14)30-18(35)20(25,26)21(27,28)29/h2-3,6,9,13-14H,4-5,7-8H2,1H3,(H,30,35)/t9?,13-,14?/m0/s1. The van der Waals surface area contributed by atoms with Gasteiger partial charge in [0.2, 0.25) is 11.8 Å². The molecule has 1 N–H and O–H groups in total. The van der Waals surface area contributed by atoms with Crippen molar-refractivity contribution in [3.63, 3.8) is 0 Å². The Hall–Kier alpha value is -3.26. The maximum Gasteiger partial charge on any atom is 0.463 e. The number of benzene rings is 1. The molecule has 1 aromatic carbocycles. The summed E-state index contributed by atoms with van der Waals surface area (Å²) in [4.78, 5) is 25.9. The van der Waals surface area contributed by atoms with Gasteiger partial charge in [-0.1, -0.05) is 6.07 Å². The number of nitrogens with one attached hydrogen (secondary N) is 1. The maximum atomic E-state index is 14.0. The fourth-order valence-electron chi connectivity index (χ4n) is 4.26. The molecule has 1 saturated carbocycles. The molecule has 1 aliphatic heterocycles. The van der Waals surface area contributed by atoms with Crippen LogP contribution in [0.15, 0.2) is 22.6 Å². The van der Waals surface area contributed by atoms with E-state index in [0.717, 1.165) is 4.90 Å². The van der Waals surface area contributed by atoms with Crippen LogP contribution in [0.4, 0.5) is 35.1 Å². The molecule has 0 saturated heterocycles. The summed E-state index contributed by atoms with van der Waals surface area (Å²) in [5, 5.41) is 8.63. The van der Waals surface area contributed by atoms with Gasteiger partial charge in [-0.2, -0.15) is 22.0 Å². The van der Waals surface area contributed by atoms with Crippen molar-refractivity contribution in [3.8, 4) is 11.5 Å². The minimum atomic E-state index is -6.23. The van der Waals surface area contributed by atoms with Gasteiger partial charge in [0.1, 0.15) is 0 Å². The lowest BCUT2D eigenvalue weighted by molar-refractivity contribution is -0.270. The van der Waals surface area contributed by atoms with Crippen molar-refractivity contribution in [3.05, 3.63) is 35.2 Å². The molecule has 1 fully saturated rings. The third-order valence-electron chi connectivity index (χ3n) is 6.12. The molecule has 1 aromatic heterocycles. The first-order valence-electron chi connectivity index (χ1n) is 10.7. The Kier molecular flexibility index (Phi) is 6.23. The van der Waals surface area contributed by atoms with Gasteiger partial charge < -0.3 is 14.6 Å². The molecular weight excluding hydrogens is 508 g/mol. The van der Waals surface area contributed by atoms with Gasteiger partial charge in [0.15, 0.2) is 6.17 Å². The number of carbonyl (C=O) groups excluding carboxylic acids is 2. The average Bonchev–Trinajstić information content (AvgIpc) is 3.38. The second-order valence-electron chi connectivity index (χ2n) is 8.68. The first-order valence-corrected chi connectivity index (χ1v) is 10.7. The summed E-state index contributed by atoms with van der Waals surface area (Å²) in [6, 6.07) is 1.16. The summed E-state index contributed by atoms with van der Waals surface area (Å²) in [5.74, 6) is -13.1. The molecule has 2 unspecified atom stereocenters. The number of hydrogen-bond donors (Lipinski definition) is 1. The van der Waals surface area contributed by atoms with Crippen LogP contribution in [0.5, 0.6) is 0 Å². The Balaban J connectivity index is 1.58. The number of hydrogen-bond acceptors (Lipinski definition) is 5. The Morgan fingerprint density at radius 3 is 2.53 bits per heavy atom. The quantitative estimate of drug-likeness (QED) is 0.576. The van der Waals surface area contributed by atoms with Crippen molar-refractivity contribution in [2.75, 3.05) is 0 Å². The number of fused-ring (bicyclic) bond motifs is 1. The number of alkyl halides is 8. The van der Waals surface area contributed by atoms with E-state index >= 15 is 0 Å². The highest BCUT2D eigenvalue weighted by molar-refractivity contribution is 5.99. The van der Waals surface area contributed by atoms with E-state index in [1.54, 1.807) is 0 Å². The number of rotatable bonds is 5. The monoisotopic (exact) mass is 526 g/mol. The topological polar surface area (TPSA) is 88.3 Å². The van der Waals surface area contributed by atoms with E-state index in [1.807, 2.05) is 0 Å². The molecule has 0 bridgehead atoms. The summed E-state index contributed by atoms with van der Waals surface area (Å²) in [6.45, 7) is 1.01. The van der Waals surface area contributed by atoms with E-state index in [0.29, 0.717) is 5.56 Å². The number of amides is 2. The summed E-state index contributed by atoms with van der Waals surface area (Å²) in [5.41, 5.74) is 0.724. The van der Waals surface area contributed by atoms with Gasteiger partial charge in [0, 0.05) is 30.5 Å². The average molecular weight is 526 g/mol. The van der Waals surface area contributed by atoms with E-state index in [2.05, 4.69) is 10.2 Å². The van der Waals surface area contributed by atoms with Crippen molar-refractivity contribution in [2.24, 2.45) is 0 Å². The van der Waals surface area contributed by atoms with Crippen LogP contribution in [0.1, 0.15) is 54.2 Å². The Bertz CT molecular complexity index is 1180. The molecule has 2 amide bonds. The van der Waals surface area contributed by atoms with Crippen molar-refractivity contribution in [2.45, 2.75) is 69.0 Å². The summed E-state index contributed by atoms with van der Waals surface area (Å²) in [7, 11) is 0. The summed E-state index contributed by atoms with van der Waals surface area (Å²) in [6.07, 6.45) is -10.2. The minimum Gasteiger partial charge on any atom is -0.418 e. The molecule has 4 rings (SSSR count). The molecule has 36 heavy (non-hydrogen) atoms. The smallest absolute Gasteiger partial charge is 0.418 e. The Morgan fingerprint density at radius 2 is 1.92 bits per heavy atom. The van der Waals surface area contributed by atoms with Crippen LogP contribution in [0.2, 0.25) is 0 Å². The third kappa shape index (κ3) is 4.62. The molecule has 1 aliphatic carbocycles. The zero-order valence-corrected chi connectivity index (χ0v) is 18.4. The van der Waals surface area contributed by atoms with E-state index in [9.17, 15) is 44.7 Å². The molecule has 7 nitrogen and oxygen atoms in total. The third-order valence-corrected chi connectivity index (χ3v) is 6.12. The van der Waals surface area contributed by atoms with Crippen LogP contribution in [0, 0.1) is 0 Å². The normalized spacial score (nSPS) is 22.9. The maximum absolute atomic E-state index is 14.0. The van der Waals surface area contributed by atoms with Gasteiger partial charge in [-0.3, -0.25) is 9.59 Å². The van der Waals surface area contributed by atoms with E-state index in [1.165, 1.54) is 30.4 Å². The molecule has 2 heterocycles. The Labute approximate surface area is 197 Å². The fraction of sp³-hybridized carbons (Fsp3) is 0.524. The molecule has 2 aliphatic rings. The predicted octanol–water partition coefficient (Wildman–Crippen LogP) is 4.59. The van der Waals surface area contributed by atoms with Crippen LogP contribution >= 0.6 is 0 Å². The van der Waals surface area contributed by atoms with Gasteiger partial charge in [-0.15, -0.1) is 10.2 Å². The van der Waals surface area contributed by atoms with Crippen LogP contribution < -0.4 is 5.32 Å². The van der Waals surface area contributed by atoms with Crippen LogP contribution in [-0.2, 0) is 11.3 Å². The zero-order valence-electron chi connectivity index (χ0n) is 18.4.